The van der Waals surface area contributed by atoms with Crippen molar-refractivity contribution in [3.05, 3.63) is 0 Å². The summed E-state index contributed by atoms with van der Waals surface area (Å²) in [7, 11) is 0. The van der Waals surface area contributed by atoms with E-state index >= 15 is 0 Å². The fourth-order valence-electron chi connectivity index (χ4n) is 1.80. The Bertz CT molecular complexity index is 271. The third-order valence-corrected chi connectivity index (χ3v) is 3.51. The lowest BCUT2D eigenvalue weighted by molar-refractivity contribution is -0.123. The van der Waals surface area contributed by atoms with Gasteiger partial charge in [0.25, 0.3) is 5.24 Å². The number of hydrogen-bond acceptors (Lipinski definition) is 4. The molecule has 0 aliphatic carbocycles. The number of halogens is 1. The first-order valence-corrected chi connectivity index (χ1v) is 6.18. The number of piperidine rings is 1. The van der Waals surface area contributed by atoms with E-state index in [-0.39, 0.29) is 35.6 Å². The lowest BCUT2D eigenvalue weighted by Crippen LogP contribution is -2.51. The Morgan fingerprint density at radius 1 is 1.50 bits per heavy atom. The van der Waals surface area contributed by atoms with Crippen molar-refractivity contribution in [3.63, 3.8) is 0 Å². The van der Waals surface area contributed by atoms with E-state index in [1.165, 1.54) is 11.8 Å². The third kappa shape index (κ3) is 3.54. The summed E-state index contributed by atoms with van der Waals surface area (Å²) in [5, 5.41) is 8.72. The minimum Gasteiger partial charge on any atom is -0.350 e. The van der Waals surface area contributed by atoms with E-state index in [4.69, 9.17) is 0 Å². The van der Waals surface area contributed by atoms with Gasteiger partial charge in [-0.3, -0.25) is 9.59 Å². The van der Waals surface area contributed by atoms with Gasteiger partial charge >= 0.3 is 0 Å². The summed E-state index contributed by atoms with van der Waals surface area (Å²) in [6, 6.07) is -0.127. The highest BCUT2D eigenvalue weighted by Crippen LogP contribution is 2.13. The average molecular weight is 266 g/mol. The predicted molar refractivity (Wildman–Crippen MR) is 66.1 cm³/mol. The van der Waals surface area contributed by atoms with Gasteiger partial charge in [0.2, 0.25) is 5.91 Å². The quantitative estimate of drug-likeness (QED) is 0.663. The number of rotatable bonds is 2. The van der Waals surface area contributed by atoms with Gasteiger partial charge in [-0.05, 0) is 19.4 Å². The second-order valence-electron chi connectivity index (χ2n) is 3.85. The van der Waals surface area contributed by atoms with Crippen LogP contribution in [-0.4, -0.2) is 42.1 Å². The number of carbonyl (C=O) groups is 2. The van der Waals surface area contributed by atoms with Crippen molar-refractivity contribution in [1.82, 2.24) is 16.0 Å². The molecular formula is C9H16ClN3O2S. The summed E-state index contributed by atoms with van der Waals surface area (Å²) in [6.45, 7) is 1.86. The van der Waals surface area contributed by atoms with Crippen LogP contribution in [0, 0.1) is 0 Å². The summed E-state index contributed by atoms with van der Waals surface area (Å²) in [4.78, 5) is 22.6. The zero-order chi connectivity index (χ0) is 10.7. The highest BCUT2D eigenvalue weighted by molar-refractivity contribution is 8.14. The molecule has 2 fully saturated rings. The Kier molecular flexibility index (Phi) is 5.37. The van der Waals surface area contributed by atoms with Crippen LogP contribution in [0.4, 0.5) is 4.79 Å². The molecule has 2 rings (SSSR count). The molecule has 3 N–H and O–H groups in total. The minimum absolute atomic E-state index is 0. The highest BCUT2D eigenvalue weighted by Gasteiger charge is 2.29. The van der Waals surface area contributed by atoms with Gasteiger partial charge in [0.1, 0.15) is 6.04 Å². The van der Waals surface area contributed by atoms with E-state index in [2.05, 4.69) is 16.0 Å². The number of amides is 2. The molecule has 0 radical (unpaired) electrons. The molecule has 0 spiro atoms. The second-order valence-corrected chi connectivity index (χ2v) is 4.84. The smallest absolute Gasteiger partial charge is 0.279 e. The number of carbonyl (C=O) groups excluding carboxylic acids is 2. The number of nitrogens with one attached hydrogen (secondary N) is 3. The molecule has 1 unspecified atom stereocenters. The maximum atomic E-state index is 11.7. The summed E-state index contributed by atoms with van der Waals surface area (Å²) in [5.74, 6) is 0.493. The van der Waals surface area contributed by atoms with E-state index in [0.717, 1.165) is 25.9 Å². The van der Waals surface area contributed by atoms with Crippen LogP contribution in [-0.2, 0) is 4.79 Å². The normalized spacial score (nSPS) is 29.1. The SMILES string of the molecule is Cl.O=C1N[C@H](C(=O)NC2CCCNC2)CS1. The zero-order valence-electron chi connectivity index (χ0n) is 8.82. The summed E-state index contributed by atoms with van der Waals surface area (Å²) in [5.41, 5.74) is 0. The molecule has 92 valence electrons. The van der Waals surface area contributed by atoms with Crippen LogP contribution in [0.25, 0.3) is 0 Å². The van der Waals surface area contributed by atoms with Crippen molar-refractivity contribution < 1.29 is 9.59 Å². The van der Waals surface area contributed by atoms with Crippen molar-refractivity contribution in [2.24, 2.45) is 0 Å². The van der Waals surface area contributed by atoms with Crippen LogP contribution in [0.2, 0.25) is 0 Å². The maximum absolute atomic E-state index is 11.7. The van der Waals surface area contributed by atoms with Gasteiger partial charge in [0.05, 0.1) is 0 Å². The first-order valence-electron chi connectivity index (χ1n) is 5.20. The number of thioether (sulfide) groups is 1. The van der Waals surface area contributed by atoms with Crippen molar-refractivity contribution in [3.8, 4) is 0 Å². The summed E-state index contributed by atoms with van der Waals surface area (Å²) < 4.78 is 0. The zero-order valence-corrected chi connectivity index (χ0v) is 10.5. The van der Waals surface area contributed by atoms with Crippen LogP contribution >= 0.6 is 24.2 Å². The third-order valence-electron chi connectivity index (χ3n) is 2.63. The fraction of sp³-hybridized carbons (Fsp3) is 0.778. The summed E-state index contributed by atoms with van der Waals surface area (Å²) >= 11 is 1.17. The number of hydrogen-bond donors (Lipinski definition) is 3. The van der Waals surface area contributed by atoms with Gasteiger partial charge in [-0.1, -0.05) is 11.8 Å². The fourth-order valence-corrected chi connectivity index (χ4v) is 2.58. The van der Waals surface area contributed by atoms with Crippen molar-refractivity contribution in [2.75, 3.05) is 18.8 Å². The van der Waals surface area contributed by atoms with E-state index < -0.39 is 0 Å². The minimum atomic E-state index is -0.343. The molecule has 5 nitrogen and oxygen atoms in total. The molecule has 2 heterocycles. The first-order chi connectivity index (χ1) is 7.25. The van der Waals surface area contributed by atoms with Crippen molar-refractivity contribution >= 4 is 35.3 Å². The van der Waals surface area contributed by atoms with Gasteiger partial charge in [-0.15, -0.1) is 12.4 Å². The van der Waals surface area contributed by atoms with Gasteiger partial charge in [-0.25, -0.2) is 0 Å². The Hall–Kier alpha value is -0.460. The summed E-state index contributed by atoms with van der Waals surface area (Å²) in [6.07, 6.45) is 2.11. The van der Waals surface area contributed by atoms with Gasteiger partial charge in [-0.2, -0.15) is 0 Å². The lowest BCUT2D eigenvalue weighted by Gasteiger charge is -2.24. The van der Waals surface area contributed by atoms with E-state index in [9.17, 15) is 9.59 Å². The Labute approximate surface area is 105 Å². The van der Waals surface area contributed by atoms with E-state index in [1.807, 2.05) is 0 Å². The molecule has 0 saturated carbocycles. The van der Waals surface area contributed by atoms with E-state index in [1.54, 1.807) is 0 Å². The first kappa shape index (κ1) is 13.6. The molecule has 0 aromatic rings. The molecular weight excluding hydrogens is 250 g/mol. The maximum Gasteiger partial charge on any atom is 0.279 e. The molecule has 0 bridgehead atoms. The van der Waals surface area contributed by atoms with Crippen molar-refractivity contribution in [1.29, 1.82) is 0 Å². The second kappa shape index (κ2) is 6.32. The molecule has 0 aromatic heterocycles. The highest BCUT2D eigenvalue weighted by atomic mass is 35.5. The van der Waals surface area contributed by atoms with Crippen LogP contribution in [0.3, 0.4) is 0 Å². The average Bonchev–Trinajstić information content (AvgIpc) is 2.66. The Morgan fingerprint density at radius 2 is 2.31 bits per heavy atom. The van der Waals surface area contributed by atoms with Crippen LogP contribution < -0.4 is 16.0 Å². The monoisotopic (exact) mass is 265 g/mol. The predicted octanol–water partition coefficient (Wildman–Crippen LogP) is 0.101. The molecule has 2 saturated heterocycles. The van der Waals surface area contributed by atoms with Gasteiger partial charge < -0.3 is 16.0 Å². The molecule has 2 aliphatic rings. The van der Waals surface area contributed by atoms with Crippen LogP contribution in [0.5, 0.6) is 0 Å². The standard InChI is InChI=1S/C9H15N3O2S.ClH/c13-8(7-5-15-9(14)12-7)11-6-2-1-3-10-4-6;/h6-7,10H,1-5H2,(H,11,13)(H,12,14);1H/t6?,7-;/m0./s1. The molecule has 7 heteroatoms. The molecule has 2 aliphatic heterocycles. The molecule has 0 aromatic carbocycles. The van der Waals surface area contributed by atoms with E-state index in [0.29, 0.717) is 5.75 Å². The molecule has 16 heavy (non-hydrogen) atoms. The van der Waals surface area contributed by atoms with Crippen LogP contribution in [0.1, 0.15) is 12.8 Å². The molecule has 2 amide bonds. The van der Waals surface area contributed by atoms with Gasteiger partial charge in [0.15, 0.2) is 0 Å². The van der Waals surface area contributed by atoms with Crippen LogP contribution in [0.15, 0.2) is 0 Å². The lowest BCUT2D eigenvalue weighted by atomic mass is 10.1. The van der Waals surface area contributed by atoms with Gasteiger partial charge in [0, 0.05) is 18.3 Å². The van der Waals surface area contributed by atoms with Crippen molar-refractivity contribution in [2.45, 2.75) is 24.9 Å². The topological polar surface area (TPSA) is 70.2 Å². The Morgan fingerprint density at radius 3 is 2.88 bits per heavy atom. The Balaban J connectivity index is 0.00000128. The largest absolute Gasteiger partial charge is 0.350 e. The molecule has 2 atom stereocenters.